The summed E-state index contributed by atoms with van der Waals surface area (Å²) in [7, 11) is 1.73. The van der Waals surface area contributed by atoms with Gasteiger partial charge in [0.2, 0.25) is 5.91 Å². The third kappa shape index (κ3) is 3.57. The van der Waals surface area contributed by atoms with Crippen molar-refractivity contribution >= 4 is 29.1 Å². The fourth-order valence-corrected chi connectivity index (χ4v) is 4.27. The number of aromatic nitrogens is 3. The number of hydrogen-bond donors (Lipinski definition) is 1. The lowest BCUT2D eigenvalue weighted by Gasteiger charge is -2.11. The third-order valence-electron chi connectivity index (χ3n) is 4.94. The zero-order chi connectivity index (χ0) is 19.0. The Morgan fingerprint density at radius 1 is 1.41 bits per heavy atom. The number of rotatable bonds is 6. The van der Waals surface area contributed by atoms with Crippen LogP contribution in [-0.4, -0.2) is 52.0 Å². The smallest absolute Gasteiger partial charge is 0.344 e. The zero-order valence-electron chi connectivity index (χ0n) is 14.9. The van der Waals surface area contributed by atoms with E-state index in [0.717, 1.165) is 24.1 Å². The van der Waals surface area contributed by atoms with Crippen molar-refractivity contribution in [2.45, 2.75) is 37.1 Å². The molecule has 142 valence electrons. The van der Waals surface area contributed by atoms with Crippen molar-refractivity contribution in [3.8, 4) is 0 Å². The zero-order valence-corrected chi connectivity index (χ0v) is 15.8. The summed E-state index contributed by atoms with van der Waals surface area (Å²) in [5, 5.41) is 6.96. The molecule has 3 heterocycles. The van der Waals surface area contributed by atoms with Crippen molar-refractivity contribution in [3.05, 3.63) is 39.8 Å². The Morgan fingerprint density at radius 2 is 2.26 bits per heavy atom. The lowest BCUT2D eigenvalue weighted by atomic mass is 10.1. The van der Waals surface area contributed by atoms with Crippen LogP contribution in [-0.2, 0) is 22.5 Å². The van der Waals surface area contributed by atoms with Gasteiger partial charge in [-0.1, -0.05) is 11.8 Å². The number of likely N-dealkylation sites (N-methyl/N-ethyl adjacent to an activating group) is 1. The van der Waals surface area contributed by atoms with Crippen molar-refractivity contribution in [1.29, 1.82) is 0 Å². The lowest BCUT2D eigenvalue weighted by molar-refractivity contribution is -0.117. The van der Waals surface area contributed by atoms with Crippen molar-refractivity contribution < 1.29 is 14.3 Å². The number of nitrogens with one attached hydrogen (secondary N) is 1. The van der Waals surface area contributed by atoms with Crippen molar-refractivity contribution in [3.63, 3.8) is 0 Å². The topological polar surface area (TPSA) is 97.3 Å². The molecule has 1 aromatic heterocycles. The van der Waals surface area contributed by atoms with E-state index in [1.54, 1.807) is 30.1 Å². The summed E-state index contributed by atoms with van der Waals surface area (Å²) >= 11 is 1.23. The maximum absolute atomic E-state index is 12.6. The summed E-state index contributed by atoms with van der Waals surface area (Å²) in [6.45, 7) is 1.16. The van der Waals surface area contributed by atoms with E-state index in [1.165, 1.54) is 16.3 Å². The molecule has 2 aliphatic heterocycles. The molecule has 0 bridgehead atoms. The van der Waals surface area contributed by atoms with Crippen LogP contribution in [0.4, 0.5) is 5.69 Å². The molecule has 0 spiro atoms. The first-order chi connectivity index (χ1) is 13.0. The van der Waals surface area contributed by atoms with E-state index in [0.29, 0.717) is 30.3 Å². The van der Waals surface area contributed by atoms with Crippen LogP contribution in [0.25, 0.3) is 0 Å². The maximum Gasteiger partial charge on any atom is 0.344 e. The Hall–Kier alpha value is -2.39. The first-order valence-electron chi connectivity index (χ1n) is 8.85. The molecule has 1 atom stereocenters. The number of aromatic amines is 1. The van der Waals surface area contributed by atoms with Crippen LogP contribution >= 0.6 is 11.8 Å². The van der Waals surface area contributed by atoms with Gasteiger partial charge in [-0.3, -0.25) is 14.2 Å². The van der Waals surface area contributed by atoms with E-state index >= 15 is 0 Å². The second-order valence-electron chi connectivity index (χ2n) is 6.74. The van der Waals surface area contributed by atoms with E-state index in [4.69, 9.17) is 4.74 Å². The fraction of sp³-hybridized carbons (Fsp3) is 0.444. The van der Waals surface area contributed by atoms with Gasteiger partial charge in [0.05, 0.1) is 24.8 Å². The number of anilines is 1. The number of thioether (sulfide) groups is 1. The number of fused-ring (bicyclic) bond motifs is 1. The molecule has 1 fully saturated rings. The number of carbonyl (C=O) groups excluding carboxylic acids is 2. The number of benzene rings is 1. The van der Waals surface area contributed by atoms with E-state index in [2.05, 4.69) is 10.2 Å². The molecule has 0 unspecified atom stereocenters. The van der Waals surface area contributed by atoms with E-state index in [1.807, 2.05) is 0 Å². The van der Waals surface area contributed by atoms with Crippen LogP contribution in [0.2, 0.25) is 0 Å². The second-order valence-corrected chi connectivity index (χ2v) is 7.68. The Bertz CT molecular complexity index is 945. The summed E-state index contributed by atoms with van der Waals surface area (Å²) in [5.74, 6) is 0.126. The molecule has 2 aliphatic rings. The minimum absolute atomic E-state index is 0.0154. The first kappa shape index (κ1) is 18.0. The largest absolute Gasteiger partial charge is 0.376 e. The van der Waals surface area contributed by atoms with Gasteiger partial charge < -0.3 is 9.64 Å². The average molecular weight is 388 g/mol. The van der Waals surface area contributed by atoms with Gasteiger partial charge in [-0.25, -0.2) is 9.89 Å². The lowest BCUT2D eigenvalue weighted by Crippen LogP contribution is -2.25. The number of Topliss-reactive ketones (excluding diaryl/α,β-unsaturated/α-hetero) is 1. The predicted octanol–water partition coefficient (Wildman–Crippen LogP) is 1.24. The van der Waals surface area contributed by atoms with Crippen LogP contribution < -0.4 is 10.6 Å². The highest BCUT2D eigenvalue weighted by Crippen LogP contribution is 2.29. The molecule has 2 aromatic rings. The Kier molecular flexibility index (Phi) is 4.88. The second kappa shape index (κ2) is 7.32. The van der Waals surface area contributed by atoms with Gasteiger partial charge >= 0.3 is 5.69 Å². The summed E-state index contributed by atoms with van der Waals surface area (Å²) in [6.07, 6.45) is 2.25. The summed E-state index contributed by atoms with van der Waals surface area (Å²) in [6, 6.07) is 5.32. The Balaban J connectivity index is 1.44. The molecular weight excluding hydrogens is 368 g/mol. The summed E-state index contributed by atoms with van der Waals surface area (Å²) < 4.78 is 7.11. The Morgan fingerprint density at radius 3 is 3.04 bits per heavy atom. The highest BCUT2D eigenvalue weighted by molar-refractivity contribution is 7.99. The van der Waals surface area contributed by atoms with Crippen LogP contribution in [0.15, 0.2) is 28.2 Å². The number of hydrogen-bond acceptors (Lipinski definition) is 6. The van der Waals surface area contributed by atoms with Gasteiger partial charge in [0.1, 0.15) is 0 Å². The normalized spacial score (nSPS) is 18.9. The van der Waals surface area contributed by atoms with Gasteiger partial charge in [0.25, 0.3) is 0 Å². The third-order valence-corrected chi connectivity index (χ3v) is 5.92. The van der Waals surface area contributed by atoms with E-state index in [-0.39, 0.29) is 29.2 Å². The number of carbonyl (C=O) groups is 2. The highest BCUT2D eigenvalue weighted by atomic mass is 32.2. The molecule has 4 rings (SSSR count). The fourth-order valence-electron chi connectivity index (χ4n) is 3.42. The van der Waals surface area contributed by atoms with Crippen LogP contribution in [0, 0.1) is 0 Å². The monoisotopic (exact) mass is 388 g/mol. The van der Waals surface area contributed by atoms with Gasteiger partial charge in [0.15, 0.2) is 10.9 Å². The van der Waals surface area contributed by atoms with Crippen molar-refractivity contribution in [1.82, 2.24) is 14.8 Å². The molecule has 1 aromatic carbocycles. The molecule has 1 saturated heterocycles. The molecular formula is C18H20N4O4S. The van der Waals surface area contributed by atoms with Gasteiger partial charge in [0, 0.05) is 24.9 Å². The van der Waals surface area contributed by atoms with Crippen LogP contribution in [0.5, 0.6) is 0 Å². The number of H-pyrrole nitrogens is 1. The molecule has 1 amide bonds. The number of amides is 1. The molecule has 0 aliphatic carbocycles. The Labute approximate surface area is 159 Å². The van der Waals surface area contributed by atoms with Gasteiger partial charge in [-0.2, -0.15) is 0 Å². The minimum Gasteiger partial charge on any atom is -0.376 e. The molecule has 27 heavy (non-hydrogen) atoms. The van der Waals surface area contributed by atoms with Gasteiger partial charge in [-0.05, 0) is 36.6 Å². The highest BCUT2D eigenvalue weighted by Gasteiger charge is 2.25. The predicted molar refractivity (Wildman–Crippen MR) is 100 cm³/mol. The van der Waals surface area contributed by atoms with Crippen molar-refractivity contribution in [2.24, 2.45) is 0 Å². The molecule has 1 N–H and O–H groups in total. The summed E-state index contributed by atoms with van der Waals surface area (Å²) in [5.41, 5.74) is 1.99. The standard InChI is InChI=1S/C18H20N4O4S/c1-21-14-5-4-11(7-12(14)8-16(21)24)15(23)10-27-18-20-19-17(25)22(18)9-13-3-2-6-26-13/h4-5,7,13H,2-3,6,8-10H2,1H3,(H,19,25)/t13-/m1/s1. The molecule has 9 heteroatoms. The number of ketones is 1. The first-order valence-corrected chi connectivity index (χ1v) is 9.84. The average Bonchev–Trinajstić information content (AvgIpc) is 3.36. The maximum atomic E-state index is 12.6. The SMILES string of the molecule is CN1C(=O)Cc2cc(C(=O)CSc3n[nH]c(=O)n3C[C@H]3CCCO3)ccc21. The van der Waals surface area contributed by atoms with Crippen LogP contribution in [0.1, 0.15) is 28.8 Å². The number of nitrogens with zero attached hydrogens (tertiary/aromatic N) is 3. The van der Waals surface area contributed by atoms with Gasteiger partial charge in [-0.15, -0.1) is 5.10 Å². The molecule has 0 radical (unpaired) electrons. The quantitative estimate of drug-likeness (QED) is 0.591. The molecule has 8 nitrogen and oxygen atoms in total. The van der Waals surface area contributed by atoms with E-state index in [9.17, 15) is 14.4 Å². The van der Waals surface area contributed by atoms with E-state index < -0.39 is 0 Å². The van der Waals surface area contributed by atoms with Crippen molar-refractivity contribution in [2.75, 3.05) is 24.3 Å². The van der Waals surface area contributed by atoms with Crippen LogP contribution in [0.3, 0.4) is 0 Å². The minimum atomic E-state index is -0.292. The molecule has 0 saturated carbocycles. The summed E-state index contributed by atoms with van der Waals surface area (Å²) in [4.78, 5) is 38.0. The number of ether oxygens (including phenoxy) is 1.